The fraction of sp³-hybridized carbons (Fsp3) is 0.286. The zero-order valence-electron chi connectivity index (χ0n) is 10.8. The zero-order chi connectivity index (χ0) is 14.3. The quantitative estimate of drug-likeness (QED) is 0.773. The van der Waals surface area contributed by atoms with Crippen molar-refractivity contribution in [2.45, 2.75) is 19.4 Å². The van der Waals surface area contributed by atoms with Gasteiger partial charge in [0, 0.05) is 0 Å². The monoisotopic (exact) mass is 263 g/mol. The molecule has 19 heavy (non-hydrogen) atoms. The van der Waals surface area contributed by atoms with Crippen molar-refractivity contribution in [2.24, 2.45) is 0 Å². The minimum atomic E-state index is -0.991. The molecule has 0 radical (unpaired) electrons. The van der Waals surface area contributed by atoms with Gasteiger partial charge in [0.2, 0.25) is 0 Å². The third-order valence-corrected chi connectivity index (χ3v) is 2.48. The van der Waals surface area contributed by atoms with E-state index in [0.29, 0.717) is 0 Å². The molecule has 0 unspecified atom stereocenters. The number of carbonyl (C=O) groups excluding carboxylic acids is 1. The van der Waals surface area contributed by atoms with Crippen LogP contribution in [-0.4, -0.2) is 23.8 Å². The van der Waals surface area contributed by atoms with Crippen LogP contribution in [0.3, 0.4) is 0 Å². The standard InChI is InChI=1S/C14H17NO4/c1-3-8-19-14(18)15-12(9-13(16)17)11-6-4-10(2)5-7-11/h3-7,12H,1,8-9H2,2H3,(H,15,18)(H,16,17)/t12-/m0/s1. The van der Waals surface area contributed by atoms with E-state index in [9.17, 15) is 9.59 Å². The van der Waals surface area contributed by atoms with Gasteiger partial charge in [0.25, 0.3) is 0 Å². The molecule has 0 fully saturated rings. The lowest BCUT2D eigenvalue weighted by Gasteiger charge is -2.17. The summed E-state index contributed by atoms with van der Waals surface area (Å²) in [6, 6.07) is 6.69. The van der Waals surface area contributed by atoms with Crippen LogP contribution >= 0.6 is 0 Å². The molecule has 1 aromatic rings. The number of hydrogen-bond donors (Lipinski definition) is 2. The van der Waals surface area contributed by atoms with Gasteiger partial charge >= 0.3 is 12.1 Å². The predicted molar refractivity (Wildman–Crippen MR) is 70.9 cm³/mol. The molecule has 2 N–H and O–H groups in total. The minimum Gasteiger partial charge on any atom is -0.481 e. The Labute approximate surface area is 111 Å². The van der Waals surface area contributed by atoms with Crippen LogP contribution < -0.4 is 5.32 Å². The summed E-state index contributed by atoms with van der Waals surface area (Å²) in [6.45, 7) is 5.44. The van der Waals surface area contributed by atoms with Crippen molar-refractivity contribution in [3.63, 3.8) is 0 Å². The van der Waals surface area contributed by atoms with Gasteiger partial charge in [0.1, 0.15) is 6.61 Å². The number of benzene rings is 1. The van der Waals surface area contributed by atoms with Crippen molar-refractivity contribution in [1.29, 1.82) is 0 Å². The predicted octanol–water partition coefficient (Wildman–Crippen LogP) is 2.42. The summed E-state index contributed by atoms with van der Waals surface area (Å²) in [6.07, 6.45) is 0.580. The molecule has 0 spiro atoms. The molecular formula is C14H17NO4. The highest BCUT2D eigenvalue weighted by Gasteiger charge is 2.18. The summed E-state index contributed by atoms with van der Waals surface area (Å²) in [5.74, 6) is -0.991. The highest BCUT2D eigenvalue weighted by Crippen LogP contribution is 2.17. The maximum absolute atomic E-state index is 11.5. The van der Waals surface area contributed by atoms with Gasteiger partial charge in [0.05, 0.1) is 12.5 Å². The first-order chi connectivity index (χ1) is 9.02. The third-order valence-electron chi connectivity index (χ3n) is 2.48. The number of aryl methyl sites for hydroxylation is 1. The molecule has 0 aromatic heterocycles. The average Bonchev–Trinajstić information content (AvgIpc) is 2.36. The van der Waals surface area contributed by atoms with Crippen LogP contribution in [-0.2, 0) is 9.53 Å². The third kappa shape index (κ3) is 5.25. The second-order valence-electron chi connectivity index (χ2n) is 4.09. The highest BCUT2D eigenvalue weighted by molar-refractivity contribution is 5.72. The SMILES string of the molecule is C=CCOC(=O)N[C@@H](CC(=O)O)c1ccc(C)cc1. The molecule has 0 saturated heterocycles. The summed E-state index contributed by atoms with van der Waals surface area (Å²) >= 11 is 0. The lowest BCUT2D eigenvalue weighted by atomic mass is 10.0. The Hall–Kier alpha value is -2.30. The Morgan fingerprint density at radius 3 is 2.58 bits per heavy atom. The van der Waals surface area contributed by atoms with Crippen molar-refractivity contribution in [2.75, 3.05) is 6.61 Å². The van der Waals surface area contributed by atoms with E-state index in [4.69, 9.17) is 9.84 Å². The van der Waals surface area contributed by atoms with E-state index >= 15 is 0 Å². The molecule has 5 heteroatoms. The van der Waals surface area contributed by atoms with Crippen LogP contribution in [0.1, 0.15) is 23.6 Å². The summed E-state index contributed by atoms with van der Waals surface area (Å²) in [7, 11) is 0. The molecule has 5 nitrogen and oxygen atoms in total. The van der Waals surface area contributed by atoms with E-state index in [2.05, 4.69) is 11.9 Å². The number of rotatable bonds is 6. The maximum atomic E-state index is 11.5. The van der Waals surface area contributed by atoms with Crippen LogP contribution in [0.5, 0.6) is 0 Å². The molecule has 0 aliphatic carbocycles. The van der Waals surface area contributed by atoms with E-state index in [1.165, 1.54) is 6.08 Å². The molecule has 0 aliphatic heterocycles. The lowest BCUT2D eigenvalue weighted by Crippen LogP contribution is -2.30. The largest absolute Gasteiger partial charge is 0.481 e. The van der Waals surface area contributed by atoms with Crippen molar-refractivity contribution < 1.29 is 19.4 Å². The van der Waals surface area contributed by atoms with E-state index in [1.54, 1.807) is 12.1 Å². The van der Waals surface area contributed by atoms with Crippen LogP contribution in [0.2, 0.25) is 0 Å². The molecule has 1 aromatic carbocycles. The Balaban J connectivity index is 2.76. The number of nitrogens with one attached hydrogen (secondary N) is 1. The van der Waals surface area contributed by atoms with Gasteiger partial charge in [-0.3, -0.25) is 4.79 Å². The van der Waals surface area contributed by atoms with Crippen LogP contribution in [0, 0.1) is 6.92 Å². The molecule has 0 heterocycles. The van der Waals surface area contributed by atoms with E-state index in [0.717, 1.165) is 11.1 Å². The molecule has 1 amide bonds. The van der Waals surface area contributed by atoms with Crippen molar-refractivity contribution in [3.8, 4) is 0 Å². The van der Waals surface area contributed by atoms with Crippen LogP contribution in [0.15, 0.2) is 36.9 Å². The first kappa shape index (κ1) is 14.8. The van der Waals surface area contributed by atoms with Gasteiger partial charge < -0.3 is 15.2 Å². The van der Waals surface area contributed by atoms with Crippen molar-refractivity contribution in [3.05, 3.63) is 48.0 Å². The smallest absolute Gasteiger partial charge is 0.407 e. The van der Waals surface area contributed by atoms with Gasteiger partial charge in [0.15, 0.2) is 0 Å². The Morgan fingerprint density at radius 1 is 1.42 bits per heavy atom. The van der Waals surface area contributed by atoms with Crippen LogP contribution in [0.4, 0.5) is 4.79 Å². The summed E-state index contributed by atoms with van der Waals surface area (Å²) in [5, 5.41) is 11.4. The Bertz CT molecular complexity index is 453. The first-order valence-electron chi connectivity index (χ1n) is 5.85. The number of alkyl carbamates (subject to hydrolysis) is 1. The van der Waals surface area contributed by atoms with Crippen molar-refractivity contribution >= 4 is 12.1 Å². The minimum absolute atomic E-state index is 0.0829. The number of aliphatic carboxylic acids is 1. The second kappa shape index (κ2) is 7.20. The fourth-order valence-corrected chi connectivity index (χ4v) is 1.54. The normalized spacial score (nSPS) is 11.4. The maximum Gasteiger partial charge on any atom is 0.407 e. The fourth-order valence-electron chi connectivity index (χ4n) is 1.54. The molecular weight excluding hydrogens is 246 g/mol. The summed E-state index contributed by atoms with van der Waals surface area (Å²) in [4.78, 5) is 22.3. The number of carboxylic acids is 1. The topological polar surface area (TPSA) is 75.6 Å². The zero-order valence-corrected chi connectivity index (χ0v) is 10.8. The highest BCUT2D eigenvalue weighted by atomic mass is 16.5. The van der Waals surface area contributed by atoms with Gasteiger partial charge in [-0.25, -0.2) is 4.79 Å². The van der Waals surface area contributed by atoms with Gasteiger partial charge in [-0.1, -0.05) is 42.5 Å². The summed E-state index contributed by atoms with van der Waals surface area (Å²) < 4.78 is 4.79. The van der Waals surface area contributed by atoms with E-state index in [1.807, 2.05) is 19.1 Å². The van der Waals surface area contributed by atoms with E-state index < -0.39 is 18.1 Å². The molecule has 102 valence electrons. The molecule has 0 aliphatic rings. The van der Waals surface area contributed by atoms with Crippen LogP contribution in [0.25, 0.3) is 0 Å². The van der Waals surface area contributed by atoms with Gasteiger partial charge in [-0.15, -0.1) is 0 Å². The molecule has 1 atom stereocenters. The second-order valence-corrected chi connectivity index (χ2v) is 4.09. The number of ether oxygens (including phenoxy) is 1. The number of hydrogen-bond acceptors (Lipinski definition) is 3. The first-order valence-corrected chi connectivity index (χ1v) is 5.85. The van der Waals surface area contributed by atoms with E-state index in [-0.39, 0.29) is 13.0 Å². The van der Waals surface area contributed by atoms with Gasteiger partial charge in [-0.2, -0.15) is 0 Å². The average molecular weight is 263 g/mol. The lowest BCUT2D eigenvalue weighted by molar-refractivity contribution is -0.137. The Kier molecular flexibility index (Phi) is 5.60. The molecule has 0 saturated carbocycles. The molecule has 0 bridgehead atoms. The van der Waals surface area contributed by atoms with Crippen molar-refractivity contribution in [1.82, 2.24) is 5.32 Å². The number of amides is 1. The summed E-state index contributed by atoms with van der Waals surface area (Å²) in [5.41, 5.74) is 1.79. The number of carbonyl (C=O) groups is 2. The van der Waals surface area contributed by atoms with Gasteiger partial charge in [-0.05, 0) is 12.5 Å². The number of carboxylic acid groups (broad SMARTS) is 1. The Morgan fingerprint density at radius 2 is 2.05 bits per heavy atom. The molecule has 1 rings (SSSR count).